The molecule has 0 aromatic heterocycles. The quantitative estimate of drug-likeness (QED) is 0.461. The van der Waals surface area contributed by atoms with Crippen LogP contribution in [-0.2, 0) is 4.79 Å². The summed E-state index contributed by atoms with van der Waals surface area (Å²) < 4.78 is 0. The molecule has 0 saturated carbocycles. The molecule has 0 rings (SSSR count). The molecule has 0 radical (unpaired) electrons. The summed E-state index contributed by atoms with van der Waals surface area (Å²) in [6, 6.07) is 0. The molecule has 0 atom stereocenters. The van der Waals surface area contributed by atoms with Crippen LogP contribution in [0, 0.1) is 0 Å². The van der Waals surface area contributed by atoms with Crippen LogP contribution in [0.3, 0.4) is 0 Å². The maximum Gasteiger partial charge on any atom is 0.207 e. The second-order valence-corrected chi connectivity index (χ2v) is 1.86. The van der Waals surface area contributed by atoms with Crippen LogP contribution in [0.1, 0.15) is 13.8 Å². The molecule has 0 saturated heterocycles. The van der Waals surface area contributed by atoms with E-state index in [0.29, 0.717) is 13.0 Å². The number of carbonyl (C=O) groups is 1. The third kappa shape index (κ3) is 3.89. The lowest BCUT2D eigenvalue weighted by molar-refractivity contribution is -0.109. The first-order valence-electron chi connectivity index (χ1n) is 3.30. The largest absolute Gasteiger partial charge is 0.355 e. The molecule has 0 aromatic rings. The molecule has 10 heavy (non-hydrogen) atoms. The number of nitrogens with one attached hydrogen (secondary N) is 1. The molecule has 1 amide bonds. The summed E-state index contributed by atoms with van der Waals surface area (Å²) in [5, 5.41) is 2.58. The summed E-state index contributed by atoms with van der Waals surface area (Å²) in [5.41, 5.74) is 1.12. The molecule has 2 nitrogen and oxygen atoms in total. The fourth-order valence-corrected chi connectivity index (χ4v) is 0.631. The maximum atomic E-state index is 9.87. The SMILES string of the molecule is C/C=C\C(=C/C)CNC=O. The Labute approximate surface area is 61.6 Å². The van der Waals surface area contributed by atoms with Gasteiger partial charge in [0.25, 0.3) is 0 Å². The zero-order valence-corrected chi connectivity index (χ0v) is 6.42. The van der Waals surface area contributed by atoms with Gasteiger partial charge in [0.2, 0.25) is 6.41 Å². The molecule has 1 N–H and O–H groups in total. The molecular weight excluding hydrogens is 126 g/mol. The lowest BCUT2D eigenvalue weighted by atomic mass is 10.2. The number of allylic oxidation sites excluding steroid dienone is 2. The van der Waals surface area contributed by atoms with Crippen molar-refractivity contribution in [3.8, 4) is 0 Å². The van der Waals surface area contributed by atoms with E-state index in [1.165, 1.54) is 0 Å². The van der Waals surface area contributed by atoms with Gasteiger partial charge < -0.3 is 5.32 Å². The van der Waals surface area contributed by atoms with Crippen molar-refractivity contribution in [3.05, 3.63) is 23.8 Å². The van der Waals surface area contributed by atoms with Crippen molar-refractivity contribution in [2.24, 2.45) is 0 Å². The van der Waals surface area contributed by atoms with Crippen LogP contribution in [0.5, 0.6) is 0 Å². The van der Waals surface area contributed by atoms with Gasteiger partial charge in [-0.25, -0.2) is 0 Å². The Morgan fingerprint density at radius 1 is 1.50 bits per heavy atom. The van der Waals surface area contributed by atoms with E-state index in [0.717, 1.165) is 5.57 Å². The molecule has 0 aliphatic heterocycles. The highest BCUT2D eigenvalue weighted by Crippen LogP contribution is 1.92. The van der Waals surface area contributed by atoms with E-state index in [1.54, 1.807) is 0 Å². The minimum atomic E-state index is 0.615. The predicted octanol–water partition coefficient (Wildman–Crippen LogP) is 1.25. The fraction of sp³-hybridized carbons (Fsp3) is 0.375. The Morgan fingerprint density at radius 3 is 2.60 bits per heavy atom. The summed E-state index contributed by atoms with van der Waals surface area (Å²) >= 11 is 0. The summed E-state index contributed by atoms with van der Waals surface area (Å²) in [7, 11) is 0. The van der Waals surface area contributed by atoms with Gasteiger partial charge in [0, 0.05) is 6.54 Å². The highest BCUT2D eigenvalue weighted by molar-refractivity contribution is 5.47. The van der Waals surface area contributed by atoms with Gasteiger partial charge in [-0.3, -0.25) is 4.79 Å². The molecular formula is C8H13NO. The molecule has 0 heterocycles. The van der Waals surface area contributed by atoms with Crippen molar-refractivity contribution in [3.63, 3.8) is 0 Å². The highest BCUT2D eigenvalue weighted by Gasteiger charge is 1.85. The van der Waals surface area contributed by atoms with Crippen molar-refractivity contribution >= 4 is 6.41 Å². The third-order valence-electron chi connectivity index (χ3n) is 1.14. The van der Waals surface area contributed by atoms with Gasteiger partial charge in [-0.15, -0.1) is 0 Å². The smallest absolute Gasteiger partial charge is 0.207 e. The van der Waals surface area contributed by atoms with Crippen LogP contribution in [-0.4, -0.2) is 13.0 Å². The van der Waals surface area contributed by atoms with Gasteiger partial charge in [-0.2, -0.15) is 0 Å². The summed E-state index contributed by atoms with van der Waals surface area (Å²) in [6.45, 7) is 4.51. The molecule has 2 heteroatoms. The lowest BCUT2D eigenvalue weighted by Gasteiger charge is -1.97. The fourth-order valence-electron chi connectivity index (χ4n) is 0.631. The van der Waals surface area contributed by atoms with Crippen LogP contribution in [0.4, 0.5) is 0 Å². The first-order valence-corrected chi connectivity index (χ1v) is 3.30. The number of hydrogen-bond acceptors (Lipinski definition) is 1. The van der Waals surface area contributed by atoms with E-state index in [1.807, 2.05) is 32.1 Å². The van der Waals surface area contributed by atoms with Gasteiger partial charge in [0.05, 0.1) is 0 Å². The van der Waals surface area contributed by atoms with Crippen molar-refractivity contribution in [1.29, 1.82) is 0 Å². The summed E-state index contributed by atoms with van der Waals surface area (Å²) in [6.07, 6.45) is 6.59. The highest BCUT2D eigenvalue weighted by atomic mass is 16.1. The van der Waals surface area contributed by atoms with E-state index >= 15 is 0 Å². The van der Waals surface area contributed by atoms with Gasteiger partial charge >= 0.3 is 0 Å². The lowest BCUT2D eigenvalue weighted by Crippen LogP contribution is -2.13. The molecule has 0 aliphatic carbocycles. The zero-order chi connectivity index (χ0) is 7.82. The number of hydrogen-bond donors (Lipinski definition) is 1. The van der Waals surface area contributed by atoms with Crippen molar-refractivity contribution < 1.29 is 4.79 Å². The molecule has 0 unspecified atom stereocenters. The molecule has 0 fully saturated rings. The third-order valence-corrected chi connectivity index (χ3v) is 1.14. The van der Waals surface area contributed by atoms with E-state index < -0.39 is 0 Å². The first kappa shape index (κ1) is 8.95. The van der Waals surface area contributed by atoms with Gasteiger partial charge in [0.1, 0.15) is 0 Å². The van der Waals surface area contributed by atoms with Crippen molar-refractivity contribution in [2.45, 2.75) is 13.8 Å². The summed E-state index contributed by atoms with van der Waals surface area (Å²) in [4.78, 5) is 9.87. The second-order valence-electron chi connectivity index (χ2n) is 1.86. The molecule has 0 spiro atoms. The minimum Gasteiger partial charge on any atom is -0.355 e. The van der Waals surface area contributed by atoms with Crippen LogP contribution in [0.25, 0.3) is 0 Å². The van der Waals surface area contributed by atoms with E-state index in [2.05, 4.69) is 5.32 Å². The van der Waals surface area contributed by atoms with Crippen LogP contribution >= 0.6 is 0 Å². The Bertz CT molecular complexity index is 147. The first-order chi connectivity index (χ1) is 4.85. The second kappa shape index (κ2) is 6.08. The Kier molecular flexibility index (Phi) is 5.44. The maximum absolute atomic E-state index is 9.87. The standard InChI is InChI=1S/C8H13NO/c1-3-5-8(4-2)6-9-7-10/h3-5,7H,6H2,1-2H3,(H,9,10)/b5-3-,8-4+. The number of carbonyl (C=O) groups excluding carboxylic acids is 1. The molecule has 0 aromatic carbocycles. The molecule has 0 bridgehead atoms. The van der Waals surface area contributed by atoms with Gasteiger partial charge in [-0.05, 0) is 19.4 Å². The molecule has 0 aliphatic rings. The number of rotatable bonds is 4. The Morgan fingerprint density at radius 2 is 2.20 bits per heavy atom. The van der Waals surface area contributed by atoms with Crippen molar-refractivity contribution in [1.82, 2.24) is 5.32 Å². The van der Waals surface area contributed by atoms with Crippen LogP contribution < -0.4 is 5.32 Å². The summed E-state index contributed by atoms with van der Waals surface area (Å²) in [5.74, 6) is 0. The normalized spacial score (nSPS) is 12.0. The van der Waals surface area contributed by atoms with E-state index in [4.69, 9.17) is 0 Å². The average molecular weight is 139 g/mol. The Balaban J connectivity index is 3.73. The zero-order valence-electron chi connectivity index (χ0n) is 6.42. The monoisotopic (exact) mass is 139 g/mol. The number of amides is 1. The van der Waals surface area contributed by atoms with Gasteiger partial charge in [0.15, 0.2) is 0 Å². The minimum absolute atomic E-state index is 0.615. The topological polar surface area (TPSA) is 29.1 Å². The van der Waals surface area contributed by atoms with Crippen molar-refractivity contribution in [2.75, 3.05) is 6.54 Å². The van der Waals surface area contributed by atoms with Gasteiger partial charge in [-0.1, -0.05) is 18.2 Å². The van der Waals surface area contributed by atoms with E-state index in [9.17, 15) is 4.79 Å². The Hall–Kier alpha value is -1.05. The van der Waals surface area contributed by atoms with Crippen LogP contribution in [0.2, 0.25) is 0 Å². The van der Waals surface area contributed by atoms with E-state index in [-0.39, 0.29) is 0 Å². The predicted molar refractivity (Wildman–Crippen MR) is 42.6 cm³/mol. The van der Waals surface area contributed by atoms with Crippen LogP contribution in [0.15, 0.2) is 23.8 Å². The molecule has 56 valence electrons. The average Bonchev–Trinajstić information content (AvgIpc) is 1.98.